The normalized spacial score (nSPS) is 17.7. The van der Waals surface area contributed by atoms with Gasteiger partial charge in [-0.05, 0) is 31.2 Å². The summed E-state index contributed by atoms with van der Waals surface area (Å²) in [5.74, 6) is 0.945. The third-order valence-electron chi connectivity index (χ3n) is 3.94. The van der Waals surface area contributed by atoms with Crippen molar-refractivity contribution in [1.82, 2.24) is 5.32 Å². The van der Waals surface area contributed by atoms with Gasteiger partial charge in [0.1, 0.15) is 0 Å². The molecule has 116 valence electrons. The standard InChI is InChI=1S/C15H22N2O4/c1-11(6-7-15(2)9-16-10-15)21-14-8-12(17(18)19)4-5-13(14)20-3/h4-5,8,11,16H,6-7,9-10H2,1-3H3. The van der Waals surface area contributed by atoms with E-state index in [1.807, 2.05) is 6.92 Å². The molecular formula is C15H22N2O4. The smallest absolute Gasteiger partial charge is 0.273 e. The molecule has 0 aromatic heterocycles. The predicted octanol–water partition coefficient (Wildman–Crippen LogP) is 2.76. The van der Waals surface area contributed by atoms with Crippen LogP contribution >= 0.6 is 0 Å². The van der Waals surface area contributed by atoms with Crippen LogP contribution in [0.1, 0.15) is 26.7 Å². The van der Waals surface area contributed by atoms with E-state index in [-0.39, 0.29) is 11.8 Å². The molecule has 1 atom stereocenters. The van der Waals surface area contributed by atoms with E-state index in [0.29, 0.717) is 16.9 Å². The van der Waals surface area contributed by atoms with Gasteiger partial charge in [0.2, 0.25) is 0 Å². The van der Waals surface area contributed by atoms with Gasteiger partial charge in [0.15, 0.2) is 11.5 Å². The van der Waals surface area contributed by atoms with Crippen molar-refractivity contribution in [2.24, 2.45) is 5.41 Å². The third-order valence-corrected chi connectivity index (χ3v) is 3.94. The summed E-state index contributed by atoms with van der Waals surface area (Å²) in [6, 6.07) is 4.40. The Bertz CT molecular complexity index is 514. The lowest BCUT2D eigenvalue weighted by Crippen LogP contribution is -2.51. The molecule has 2 rings (SSSR count). The van der Waals surface area contributed by atoms with E-state index in [4.69, 9.17) is 9.47 Å². The van der Waals surface area contributed by atoms with E-state index in [2.05, 4.69) is 12.2 Å². The molecule has 1 saturated heterocycles. The topological polar surface area (TPSA) is 73.6 Å². The van der Waals surface area contributed by atoms with Crippen molar-refractivity contribution in [2.45, 2.75) is 32.8 Å². The molecular weight excluding hydrogens is 272 g/mol. The summed E-state index contributed by atoms with van der Waals surface area (Å²) in [6.45, 7) is 6.32. The molecule has 6 nitrogen and oxygen atoms in total. The SMILES string of the molecule is COc1ccc([N+](=O)[O-])cc1OC(C)CCC1(C)CNC1. The monoisotopic (exact) mass is 294 g/mol. The second-order valence-corrected chi connectivity index (χ2v) is 5.97. The number of rotatable bonds is 7. The first-order chi connectivity index (χ1) is 9.93. The van der Waals surface area contributed by atoms with E-state index in [1.165, 1.54) is 19.2 Å². The van der Waals surface area contributed by atoms with Crippen molar-refractivity contribution in [3.63, 3.8) is 0 Å². The van der Waals surface area contributed by atoms with Crippen LogP contribution in [0.25, 0.3) is 0 Å². The zero-order valence-corrected chi connectivity index (χ0v) is 12.7. The Balaban J connectivity index is 1.99. The highest BCUT2D eigenvalue weighted by atomic mass is 16.6. The van der Waals surface area contributed by atoms with E-state index in [1.54, 1.807) is 6.07 Å². The van der Waals surface area contributed by atoms with Crippen LogP contribution in [-0.4, -0.2) is 31.2 Å². The van der Waals surface area contributed by atoms with Gasteiger partial charge < -0.3 is 14.8 Å². The van der Waals surface area contributed by atoms with Crippen LogP contribution in [0.2, 0.25) is 0 Å². The quantitative estimate of drug-likeness (QED) is 0.618. The van der Waals surface area contributed by atoms with Crippen LogP contribution in [0, 0.1) is 15.5 Å². The maximum atomic E-state index is 10.8. The molecule has 1 heterocycles. The molecule has 1 N–H and O–H groups in total. The fourth-order valence-electron chi connectivity index (χ4n) is 2.43. The van der Waals surface area contributed by atoms with Crippen molar-refractivity contribution in [1.29, 1.82) is 0 Å². The number of hydrogen-bond donors (Lipinski definition) is 1. The maximum Gasteiger partial charge on any atom is 0.273 e. The van der Waals surface area contributed by atoms with Crippen LogP contribution in [0.4, 0.5) is 5.69 Å². The summed E-state index contributed by atoms with van der Waals surface area (Å²) in [7, 11) is 1.53. The van der Waals surface area contributed by atoms with Crippen molar-refractivity contribution in [2.75, 3.05) is 20.2 Å². The van der Waals surface area contributed by atoms with Crippen LogP contribution < -0.4 is 14.8 Å². The third kappa shape index (κ3) is 3.85. The fraction of sp³-hybridized carbons (Fsp3) is 0.600. The largest absolute Gasteiger partial charge is 0.493 e. The molecule has 0 radical (unpaired) electrons. The first kappa shape index (κ1) is 15.6. The van der Waals surface area contributed by atoms with Crippen LogP contribution in [0.3, 0.4) is 0 Å². The summed E-state index contributed by atoms with van der Waals surface area (Å²) in [5, 5.41) is 14.1. The van der Waals surface area contributed by atoms with Gasteiger partial charge in [-0.15, -0.1) is 0 Å². The van der Waals surface area contributed by atoms with E-state index in [9.17, 15) is 10.1 Å². The first-order valence-corrected chi connectivity index (χ1v) is 7.13. The second-order valence-electron chi connectivity index (χ2n) is 5.97. The highest BCUT2D eigenvalue weighted by molar-refractivity contribution is 5.48. The number of ether oxygens (including phenoxy) is 2. The first-order valence-electron chi connectivity index (χ1n) is 7.13. The van der Waals surface area contributed by atoms with E-state index in [0.717, 1.165) is 25.9 Å². The molecule has 6 heteroatoms. The van der Waals surface area contributed by atoms with Crippen LogP contribution in [0.5, 0.6) is 11.5 Å². The number of benzene rings is 1. The summed E-state index contributed by atoms with van der Waals surface area (Å²) >= 11 is 0. The molecule has 1 aromatic carbocycles. The minimum absolute atomic E-state index is 0.00755. The van der Waals surface area contributed by atoms with Crippen LogP contribution in [-0.2, 0) is 0 Å². The van der Waals surface area contributed by atoms with Gasteiger partial charge in [-0.1, -0.05) is 6.92 Å². The molecule has 1 aromatic rings. The molecule has 0 aliphatic carbocycles. The molecule has 0 amide bonds. The molecule has 0 bridgehead atoms. The summed E-state index contributed by atoms with van der Waals surface area (Å²) in [6.07, 6.45) is 1.96. The van der Waals surface area contributed by atoms with Gasteiger partial charge in [0, 0.05) is 19.2 Å². The minimum Gasteiger partial charge on any atom is -0.493 e. The van der Waals surface area contributed by atoms with Crippen molar-refractivity contribution in [3.05, 3.63) is 28.3 Å². The molecule has 1 aliphatic rings. The zero-order chi connectivity index (χ0) is 15.5. The summed E-state index contributed by atoms with van der Waals surface area (Å²) < 4.78 is 11.0. The molecule has 1 fully saturated rings. The van der Waals surface area contributed by atoms with Crippen molar-refractivity contribution < 1.29 is 14.4 Å². The average Bonchev–Trinajstić information content (AvgIpc) is 2.43. The Morgan fingerprint density at radius 2 is 2.14 bits per heavy atom. The number of hydrogen-bond acceptors (Lipinski definition) is 5. The highest BCUT2D eigenvalue weighted by Gasteiger charge is 2.31. The van der Waals surface area contributed by atoms with Gasteiger partial charge in [0.25, 0.3) is 5.69 Å². The summed E-state index contributed by atoms with van der Waals surface area (Å²) in [4.78, 5) is 10.4. The molecule has 21 heavy (non-hydrogen) atoms. The number of nitro benzene ring substituents is 1. The minimum atomic E-state index is -0.433. The zero-order valence-electron chi connectivity index (χ0n) is 12.7. The Kier molecular flexibility index (Phi) is 4.67. The molecule has 0 spiro atoms. The number of nitrogens with zero attached hydrogens (tertiary/aromatic N) is 1. The highest BCUT2D eigenvalue weighted by Crippen LogP contribution is 2.33. The lowest BCUT2D eigenvalue weighted by atomic mass is 9.79. The molecule has 0 saturated carbocycles. The Labute approximate surface area is 124 Å². The summed E-state index contributed by atoms with van der Waals surface area (Å²) in [5.41, 5.74) is 0.359. The van der Waals surface area contributed by atoms with Gasteiger partial charge in [0.05, 0.1) is 24.2 Å². The maximum absolute atomic E-state index is 10.8. The Morgan fingerprint density at radius 1 is 1.43 bits per heavy atom. The lowest BCUT2D eigenvalue weighted by molar-refractivity contribution is -0.385. The number of non-ortho nitro benzene ring substituents is 1. The lowest BCUT2D eigenvalue weighted by Gasteiger charge is -2.40. The average molecular weight is 294 g/mol. The molecule has 1 aliphatic heterocycles. The van der Waals surface area contributed by atoms with Gasteiger partial charge in [-0.25, -0.2) is 0 Å². The Hall–Kier alpha value is -1.82. The Morgan fingerprint density at radius 3 is 2.67 bits per heavy atom. The van der Waals surface area contributed by atoms with Gasteiger partial charge >= 0.3 is 0 Å². The van der Waals surface area contributed by atoms with Gasteiger partial charge in [-0.3, -0.25) is 10.1 Å². The number of nitrogens with one attached hydrogen (secondary N) is 1. The van der Waals surface area contributed by atoms with Crippen molar-refractivity contribution >= 4 is 5.69 Å². The number of nitro groups is 1. The predicted molar refractivity (Wildman–Crippen MR) is 79.9 cm³/mol. The fourth-order valence-corrected chi connectivity index (χ4v) is 2.43. The van der Waals surface area contributed by atoms with Crippen molar-refractivity contribution in [3.8, 4) is 11.5 Å². The van der Waals surface area contributed by atoms with Crippen LogP contribution in [0.15, 0.2) is 18.2 Å². The van der Waals surface area contributed by atoms with E-state index >= 15 is 0 Å². The second kappa shape index (κ2) is 6.30. The van der Waals surface area contributed by atoms with Gasteiger partial charge in [-0.2, -0.15) is 0 Å². The number of methoxy groups -OCH3 is 1. The van der Waals surface area contributed by atoms with E-state index < -0.39 is 4.92 Å². The molecule has 1 unspecified atom stereocenters.